The van der Waals surface area contributed by atoms with E-state index < -0.39 is 0 Å². The minimum Gasteiger partial charge on any atom is -0.462 e. The first-order valence-corrected chi connectivity index (χ1v) is 5.40. The van der Waals surface area contributed by atoms with E-state index in [1.165, 1.54) is 6.26 Å². The molecule has 0 fully saturated rings. The van der Waals surface area contributed by atoms with Gasteiger partial charge in [-0.1, -0.05) is 12.1 Å². The highest BCUT2D eigenvalue weighted by atomic mass is 16.3. The summed E-state index contributed by atoms with van der Waals surface area (Å²) >= 11 is 0. The van der Waals surface area contributed by atoms with Gasteiger partial charge in [0.2, 0.25) is 5.43 Å². The summed E-state index contributed by atoms with van der Waals surface area (Å²) < 4.78 is 5.39. The Morgan fingerprint density at radius 3 is 3.06 bits per heavy atom. The van der Waals surface area contributed by atoms with E-state index in [-0.39, 0.29) is 5.43 Å². The number of aliphatic imine (C=N–C) groups is 1. The van der Waals surface area contributed by atoms with Crippen LogP contribution in [0.2, 0.25) is 0 Å². The molecule has 1 aromatic heterocycles. The molecule has 17 heavy (non-hydrogen) atoms. The van der Waals surface area contributed by atoms with E-state index in [2.05, 4.69) is 15.6 Å². The molecule has 2 aromatic rings. The third-order valence-corrected chi connectivity index (χ3v) is 2.61. The van der Waals surface area contributed by atoms with Gasteiger partial charge in [0.1, 0.15) is 17.5 Å². The van der Waals surface area contributed by atoms with Gasteiger partial charge < -0.3 is 15.1 Å². The van der Waals surface area contributed by atoms with Gasteiger partial charge in [0.05, 0.1) is 11.9 Å². The lowest BCUT2D eigenvalue weighted by Crippen LogP contribution is -2.28. The van der Waals surface area contributed by atoms with E-state index in [1.807, 2.05) is 12.1 Å². The smallest absolute Gasteiger partial charge is 0.216 e. The second kappa shape index (κ2) is 3.93. The predicted octanol–water partition coefficient (Wildman–Crippen LogP) is 1.16. The van der Waals surface area contributed by atoms with Gasteiger partial charge in [-0.25, -0.2) is 0 Å². The molecule has 0 saturated carbocycles. The second-order valence-corrected chi connectivity index (χ2v) is 3.76. The first kappa shape index (κ1) is 9.89. The quantitative estimate of drug-likeness (QED) is 0.770. The Hall–Kier alpha value is -2.30. The van der Waals surface area contributed by atoms with Gasteiger partial charge in [-0.15, -0.1) is 0 Å². The summed E-state index contributed by atoms with van der Waals surface area (Å²) in [5.74, 6) is 0.618. The molecule has 2 heterocycles. The normalized spacial score (nSPS) is 14.5. The number of para-hydroxylation sites is 1. The molecule has 3 rings (SSSR count). The van der Waals surface area contributed by atoms with Crippen LogP contribution in [0.4, 0.5) is 5.69 Å². The lowest BCUT2D eigenvalue weighted by atomic mass is 10.2. The van der Waals surface area contributed by atoms with Gasteiger partial charge >= 0.3 is 0 Å². The molecule has 2 N–H and O–H groups in total. The van der Waals surface area contributed by atoms with Crippen LogP contribution in [0.15, 0.2) is 44.7 Å². The van der Waals surface area contributed by atoms with Crippen LogP contribution in [0.3, 0.4) is 0 Å². The van der Waals surface area contributed by atoms with Crippen molar-refractivity contribution in [3.63, 3.8) is 0 Å². The van der Waals surface area contributed by atoms with Gasteiger partial charge in [-0.05, 0) is 12.1 Å². The van der Waals surface area contributed by atoms with Crippen molar-refractivity contribution >= 4 is 22.6 Å². The summed E-state index contributed by atoms with van der Waals surface area (Å²) in [4.78, 5) is 16.3. The van der Waals surface area contributed by atoms with Crippen molar-refractivity contribution < 1.29 is 4.42 Å². The van der Waals surface area contributed by atoms with Crippen LogP contribution < -0.4 is 16.1 Å². The molecular formula is C12H11N3O2. The number of hydrogen-bond donors (Lipinski definition) is 2. The third-order valence-electron chi connectivity index (χ3n) is 2.61. The number of rotatable bonds is 1. The van der Waals surface area contributed by atoms with Crippen LogP contribution in [0, 0.1) is 0 Å². The van der Waals surface area contributed by atoms with Crippen molar-refractivity contribution in [1.29, 1.82) is 0 Å². The molecule has 0 saturated heterocycles. The van der Waals surface area contributed by atoms with Gasteiger partial charge in [-0.3, -0.25) is 9.79 Å². The summed E-state index contributed by atoms with van der Waals surface area (Å²) in [5, 5.41) is 6.54. The number of guanidine groups is 1. The van der Waals surface area contributed by atoms with E-state index >= 15 is 0 Å². The number of nitrogens with zero attached hydrogens (tertiary/aromatic N) is 1. The number of fused-ring (bicyclic) bond motifs is 1. The highest BCUT2D eigenvalue weighted by molar-refractivity contribution is 5.95. The van der Waals surface area contributed by atoms with E-state index in [9.17, 15) is 4.79 Å². The van der Waals surface area contributed by atoms with Crippen LogP contribution in [-0.2, 0) is 0 Å². The number of anilines is 1. The number of nitrogens with one attached hydrogen (secondary N) is 2. The zero-order valence-corrected chi connectivity index (χ0v) is 9.06. The average molecular weight is 229 g/mol. The molecule has 0 radical (unpaired) electrons. The van der Waals surface area contributed by atoms with Crippen molar-refractivity contribution in [3.8, 4) is 0 Å². The maximum atomic E-state index is 12.1. The molecule has 1 aliphatic rings. The topological polar surface area (TPSA) is 66.6 Å². The zero-order valence-electron chi connectivity index (χ0n) is 9.06. The van der Waals surface area contributed by atoms with E-state index in [4.69, 9.17) is 4.42 Å². The van der Waals surface area contributed by atoms with Crippen molar-refractivity contribution in [2.75, 3.05) is 18.4 Å². The van der Waals surface area contributed by atoms with Crippen LogP contribution in [-0.4, -0.2) is 19.0 Å². The summed E-state index contributed by atoms with van der Waals surface area (Å²) in [5.41, 5.74) is 0.907. The molecule has 0 amide bonds. The molecule has 0 aliphatic carbocycles. The molecule has 0 atom stereocenters. The standard InChI is InChI=1S/C12H11N3O2/c16-11-8-3-1-2-4-10(8)17-7-9(11)15-12-13-5-6-14-12/h1-4,7H,5-6H2,(H2,13,14,15). The lowest BCUT2D eigenvalue weighted by Gasteiger charge is -2.05. The molecule has 5 heteroatoms. The molecule has 0 unspecified atom stereocenters. The molecule has 86 valence electrons. The monoisotopic (exact) mass is 229 g/mol. The van der Waals surface area contributed by atoms with Gasteiger partial charge in [0, 0.05) is 6.54 Å². The summed E-state index contributed by atoms with van der Waals surface area (Å²) in [6.45, 7) is 1.52. The van der Waals surface area contributed by atoms with E-state index in [1.54, 1.807) is 12.1 Å². The van der Waals surface area contributed by atoms with Crippen LogP contribution in [0.5, 0.6) is 0 Å². The van der Waals surface area contributed by atoms with Crippen molar-refractivity contribution in [1.82, 2.24) is 5.32 Å². The van der Waals surface area contributed by atoms with Crippen LogP contribution >= 0.6 is 0 Å². The molecule has 0 spiro atoms. The SMILES string of the molecule is O=c1c(NC2=NCCN2)coc2ccccc12. The van der Waals surface area contributed by atoms with E-state index in [0.717, 1.165) is 13.1 Å². The fourth-order valence-electron chi connectivity index (χ4n) is 1.77. The van der Waals surface area contributed by atoms with Crippen LogP contribution in [0.25, 0.3) is 11.0 Å². The molecule has 1 aromatic carbocycles. The number of benzene rings is 1. The largest absolute Gasteiger partial charge is 0.462 e. The highest BCUT2D eigenvalue weighted by Gasteiger charge is 2.10. The Kier molecular flexibility index (Phi) is 2.29. The van der Waals surface area contributed by atoms with Gasteiger partial charge in [-0.2, -0.15) is 0 Å². The van der Waals surface area contributed by atoms with E-state index in [0.29, 0.717) is 22.6 Å². The Bertz CT molecular complexity index is 645. The molecule has 0 bridgehead atoms. The molecule has 1 aliphatic heterocycles. The molecule has 5 nitrogen and oxygen atoms in total. The first-order valence-electron chi connectivity index (χ1n) is 5.40. The Balaban J connectivity index is 2.05. The van der Waals surface area contributed by atoms with Gasteiger partial charge in [0.15, 0.2) is 5.96 Å². The van der Waals surface area contributed by atoms with Crippen molar-refractivity contribution in [3.05, 3.63) is 40.8 Å². The minimum atomic E-state index is -0.0803. The lowest BCUT2D eigenvalue weighted by molar-refractivity contribution is 0.605. The summed E-state index contributed by atoms with van der Waals surface area (Å²) in [7, 11) is 0. The maximum Gasteiger partial charge on any atom is 0.216 e. The minimum absolute atomic E-state index is 0.0803. The van der Waals surface area contributed by atoms with Crippen LogP contribution in [0.1, 0.15) is 0 Å². The fourth-order valence-corrected chi connectivity index (χ4v) is 1.77. The summed E-state index contributed by atoms with van der Waals surface area (Å²) in [6.07, 6.45) is 1.42. The average Bonchev–Trinajstić information content (AvgIpc) is 2.86. The summed E-state index contributed by atoms with van der Waals surface area (Å²) in [6, 6.07) is 7.16. The highest BCUT2D eigenvalue weighted by Crippen LogP contribution is 2.12. The predicted molar refractivity (Wildman–Crippen MR) is 66.4 cm³/mol. The van der Waals surface area contributed by atoms with Crippen molar-refractivity contribution in [2.24, 2.45) is 4.99 Å². The number of hydrogen-bond acceptors (Lipinski definition) is 5. The maximum absolute atomic E-state index is 12.1. The Morgan fingerprint density at radius 1 is 1.35 bits per heavy atom. The second-order valence-electron chi connectivity index (χ2n) is 3.76. The fraction of sp³-hybridized carbons (Fsp3) is 0.167. The first-order chi connectivity index (χ1) is 8.34. The zero-order chi connectivity index (χ0) is 11.7. The Morgan fingerprint density at radius 2 is 2.24 bits per heavy atom. The third kappa shape index (κ3) is 1.75. The Labute approximate surface area is 97.2 Å². The molecular weight excluding hydrogens is 218 g/mol. The van der Waals surface area contributed by atoms with Gasteiger partial charge in [0.25, 0.3) is 0 Å². The van der Waals surface area contributed by atoms with Crippen molar-refractivity contribution in [2.45, 2.75) is 0 Å².